The third-order valence-electron chi connectivity index (χ3n) is 5.08. The van der Waals surface area contributed by atoms with Crippen molar-refractivity contribution in [3.05, 3.63) is 71.8 Å². The van der Waals surface area contributed by atoms with Crippen LogP contribution in [0.15, 0.2) is 60.7 Å². The minimum Gasteiger partial charge on any atom is -0.507 e. The largest absolute Gasteiger partial charge is 0.507 e. The van der Waals surface area contributed by atoms with E-state index in [2.05, 4.69) is 24.3 Å². The summed E-state index contributed by atoms with van der Waals surface area (Å²) >= 11 is 0. The SMILES string of the molecule is CC1(O)CCOc2cc(-c3ccc(O)c(C(=O)O)c3)ccc21.c1cc2cc-2c1. The van der Waals surface area contributed by atoms with E-state index in [1.165, 1.54) is 23.3 Å². The van der Waals surface area contributed by atoms with Crippen molar-refractivity contribution in [1.29, 1.82) is 0 Å². The average molecular weight is 376 g/mol. The lowest BCUT2D eigenvalue weighted by Crippen LogP contribution is -2.29. The van der Waals surface area contributed by atoms with E-state index in [1.54, 1.807) is 31.2 Å². The lowest BCUT2D eigenvalue weighted by molar-refractivity contribution is 0.0147. The zero-order valence-electron chi connectivity index (χ0n) is 15.3. The third-order valence-corrected chi connectivity index (χ3v) is 5.08. The van der Waals surface area contributed by atoms with E-state index in [0.29, 0.717) is 24.3 Å². The summed E-state index contributed by atoms with van der Waals surface area (Å²) in [5.74, 6) is -0.858. The van der Waals surface area contributed by atoms with Crippen molar-refractivity contribution < 1.29 is 24.9 Å². The zero-order valence-corrected chi connectivity index (χ0v) is 15.3. The zero-order chi connectivity index (χ0) is 19.9. The molecule has 0 amide bonds. The highest BCUT2D eigenvalue weighted by atomic mass is 16.5. The number of rotatable bonds is 2. The number of phenols is 1. The van der Waals surface area contributed by atoms with Crippen molar-refractivity contribution in [2.24, 2.45) is 0 Å². The summed E-state index contributed by atoms with van der Waals surface area (Å²) in [4.78, 5) is 11.1. The van der Waals surface area contributed by atoms with E-state index in [1.807, 2.05) is 0 Å². The topological polar surface area (TPSA) is 87.0 Å². The summed E-state index contributed by atoms with van der Waals surface area (Å²) in [6.07, 6.45) is 0.529. The number of carbonyl (C=O) groups is 1. The Morgan fingerprint density at radius 1 is 0.964 bits per heavy atom. The molecule has 1 atom stereocenters. The lowest BCUT2D eigenvalue weighted by Gasteiger charge is -2.31. The smallest absolute Gasteiger partial charge is 0.339 e. The molecular formula is C23H20O5. The Kier molecular flexibility index (Phi) is 4.32. The van der Waals surface area contributed by atoms with Gasteiger partial charge in [0.2, 0.25) is 0 Å². The summed E-state index contributed by atoms with van der Waals surface area (Å²) in [5.41, 5.74) is 3.92. The molecule has 3 aliphatic rings. The fourth-order valence-corrected chi connectivity index (χ4v) is 3.32. The van der Waals surface area contributed by atoms with Gasteiger partial charge in [-0.2, -0.15) is 0 Å². The van der Waals surface area contributed by atoms with Gasteiger partial charge in [-0.3, -0.25) is 0 Å². The molecule has 2 aliphatic carbocycles. The quantitative estimate of drug-likeness (QED) is 0.482. The van der Waals surface area contributed by atoms with Gasteiger partial charge in [0.15, 0.2) is 0 Å². The van der Waals surface area contributed by atoms with Crippen LogP contribution in [0, 0.1) is 0 Å². The fourth-order valence-electron chi connectivity index (χ4n) is 3.32. The number of aromatic hydroxyl groups is 1. The van der Waals surface area contributed by atoms with Crippen molar-refractivity contribution in [3.8, 4) is 33.8 Å². The first-order valence-electron chi connectivity index (χ1n) is 9.02. The second kappa shape index (κ2) is 6.69. The second-order valence-electron chi connectivity index (χ2n) is 7.20. The van der Waals surface area contributed by atoms with Crippen molar-refractivity contribution in [3.63, 3.8) is 0 Å². The Labute approximate surface area is 162 Å². The molecule has 5 nitrogen and oxygen atoms in total. The van der Waals surface area contributed by atoms with Gasteiger partial charge in [-0.25, -0.2) is 4.79 Å². The number of hydrogen-bond acceptors (Lipinski definition) is 4. The molecule has 1 heterocycles. The lowest BCUT2D eigenvalue weighted by atomic mass is 9.88. The van der Waals surface area contributed by atoms with Crippen LogP contribution in [0.3, 0.4) is 0 Å². The highest BCUT2D eigenvalue weighted by molar-refractivity contribution is 5.92. The molecule has 28 heavy (non-hydrogen) atoms. The predicted octanol–water partition coefficient (Wildman–Crippen LogP) is 4.41. The first-order valence-corrected chi connectivity index (χ1v) is 9.02. The number of ether oxygens (including phenoxy) is 1. The monoisotopic (exact) mass is 376 g/mol. The standard InChI is InChI=1S/C17H16O5.C6H4/c1-17(21)6-7-22-15-9-11(2-4-13(15)17)10-3-5-14(18)12(8-10)16(19)20;1-2-5-4-6(5)3-1/h2-5,8-9,18,21H,6-7H2,1H3,(H,19,20);1-4H. The highest BCUT2D eigenvalue weighted by Gasteiger charge is 2.30. The Balaban J connectivity index is 0.000000268. The van der Waals surface area contributed by atoms with E-state index in [4.69, 9.17) is 9.84 Å². The van der Waals surface area contributed by atoms with Gasteiger partial charge >= 0.3 is 5.97 Å². The van der Waals surface area contributed by atoms with E-state index in [9.17, 15) is 15.0 Å². The Hall–Kier alpha value is -3.31. The van der Waals surface area contributed by atoms with Crippen LogP contribution < -0.4 is 4.74 Å². The molecule has 0 saturated carbocycles. The predicted molar refractivity (Wildman–Crippen MR) is 106 cm³/mol. The van der Waals surface area contributed by atoms with Crippen LogP contribution in [-0.4, -0.2) is 27.9 Å². The molecule has 2 aromatic rings. The first-order chi connectivity index (χ1) is 13.3. The van der Waals surface area contributed by atoms with Gasteiger partial charge in [0.25, 0.3) is 0 Å². The van der Waals surface area contributed by atoms with Crippen LogP contribution in [0.2, 0.25) is 0 Å². The molecule has 0 spiro atoms. The van der Waals surface area contributed by atoms with Gasteiger partial charge in [0.1, 0.15) is 17.1 Å². The van der Waals surface area contributed by atoms with Gasteiger partial charge in [0.05, 0.1) is 12.2 Å². The maximum atomic E-state index is 11.1. The van der Waals surface area contributed by atoms with Crippen LogP contribution in [0.25, 0.3) is 22.3 Å². The molecule has 0 saturated heterocycles. The molecule has 0 aromatic heterocycles. The van der Waals surface area contributed by atoms with Crippen molar-refractivity contribution in [2.45, 2.75) is 18.9 Å². The summed E-state index contributed by atoms with van der Waals surface area (Å²) in [7, 11) is 0. The number of benzene rings is 3. The molecule has 2 aromatic carbocycles. The normalized spacial score (nSPS) is 18.2. The minimum absolute atomic E-state index is 0.150. The summed E-state index contributed by atoms with van der Waals surface area (Å²) in [5, 5.41) is 29.0. The van der Waals surface area contributed by atoms with Crippen LogP contribution in [0.4, 0.5) is 0 Å². The molecular weight excluding hydrogens is 356 g/mol. The average Bonchev–Trinajstić information content (AvgIpc) is 3.26. The molecule has 1 unspecified atom stereocenters. The van der Waals surface area contributed by atoms with E-state index < -0.39 is 11.6 Å². The van der Waals surface area contributed by atoms with E-state index in [0.717, 1.165) is 11.1 Å². The van der Waals surface area contributed by atoms with E-state index in [-0.39, 0.29) is 11.3 Å². The highest BCUT2D eigenvalue weighted by Crippen LogP contribution is 2.39. The fraction of sp³-hybridized carbons (Fsp3) is 0.174. The maximum absolute atomic E-state index is 11.1. The van der Waals surface area contributed by atoms with Gasteiger partial charge < -0.3 is 20.1 Å². The summed E-state index contributed by atoms with van der Waals surface area (Å²) < 4.78 is 5.60. The molecule has 5 heteroatoms. The summed E-state index contributed by atoms with van der Waals surface area (Å²) in [6.45, 7) is 2.18. The number of aliphatic hydroxyl groups is 1. The molecule has 0 fully saturated rings. The molecule has 1 aliphatic heterocycles. The number of carboxylic acid groups (broad SMARTS) is 1. The van der Waals surface area contributed by atoms with E-state index >= 15 is 0 Å². The van der Waals surface area contributed by atoms with Crippen molar-refractivity contribution in [1.82, 2.24) is 0 Å². The van der Waals surface area contributed by atoms with Gasteiger partial charge in [-0.15, -0.1) is 0 Å². The Morgan fingerprint density at radius 3 is 2.21 bits per heavy atom. The first kappa shape index (κ1) is 18.1. The van der Waals surface area contributed by atoms with Crippen molar-refractivity contribution in [2.75, 3.05) is 6.61 Å². The number of hydrogen-bond donors (Lipinski definition) is 3. The Morgan fingerprint density at radius 2 is 1.61 bits per heavy atom. The van der Waals surface area contributed by atoms with Crippen LogP contribution in [-0.2, 0) is 5.60 Å². The summed E-state index contributed by atoms with van der Waals surface area (Å²) in [6, 6.07) is 18.3. The molecule has 3 N–H and O–H groups in total. The van der Waals surface area contributed by atoms with Crippen LogP contribution >= 0.6 is 0 Å². The number of aromatic carboxylic acids is 1. The second-order valence-corrected chi connectivity index (χ2v) is 7.20. The maximum Gasteiger partial charge on any atom is 0.339 e. The van der Waals surface area contributed by atoms with Gasteiger partial charge in [-0.05, 0) is 53.4 Å². The Bertz CT molecular complexity index is 1050. The molecule has 5 rings (SSSR count). The number of carboxylic acids is 1. The molecule has 0 bridgehead atoms. The van der Waals surface area contributed by atoms with Crippen LogP contribution in [0.1, 0.15) is 29.3 Å². The van der Waals surface area contributed by atoms with Gasteiger partial charge in [0, 0.05) is 12.0 Å². The van der Waals surface area contributed by atoms with Crippen molar-refractivity contribution >= 4 is 5.97 Å². The number of fused-ring (bicyclic) bond motifs is 2. The van der Waals surface area contributed by atoms with Gasteiger partial charge in [-0.1, -0.05) is 36.4 Å². The molecule has 142 valence electrons. The van der Waals surface area contributed by atoms with Crippen LogP contribution in [0.5, 0.6) is 11.5 Å². The third kappa shape index (κ3) is 3.44. The molecule has 0 radical (unpaired) electrons. The minimum atomic E-state index is -1.18.